The summed E-state index contributed by atoms with van der Waals surface area (Å²) in [4.78, 5) is 9.46. The van der Waals surface area contributed by atoms with Crippen molar-refractivity contribution in [2.75, 3.05) is 7.05 Å². The fourth-order valence-electron chi connectivity index (χ4n) is 2.41. The molecule has 0 saturated heterocycles. The van der Waals surface area contributed by atoms with Crippen molar-refractivity contribution in [2.45, 2.75) is 31.2 Å². The number of nitrogens with zero attached hydrogens (tertiary/aromatic N) is 3. The second-order valence-electron chi connectivity index (χ2n) is 4.25. The normalized spacial score (nSPS) is 24.3. The van der Waals surface area contributed by atoms with Crippen LogP contribution < -0.4 is 5.32 Å². The van der Waals surface area contributed by atoms with Crippen molar-refractivity contribution in [1.29, 1.82) is 0 Å². The van der Waals surface area contributed by atoms with Crippen LogP contribution in [-0.2, 0) is 0 Å². The highest BCUT2D eigenvalue weighted by molar-refractivity contribution is 7.13. The Morgan fingerprint density at radius 2 is 2.41 bits per heavy atom. The van der Waals surface area contributed by atoms with Gasteiger partial charge in [-0.05, 0) is 19.9 Å². The van der Waals surface area contributed by atoms with E-state index in [0.717, 1.165) is 17.2 Å². The fraction of sp³-hybridized carbons (Fsp3) is 0.545. The molecule has 1 aliphatic rings. The van der Waals surface area contributed by atoms with Crippen molar-refractivity contribution >= 4 is 11.3 Å². The summed E-state index contributed by atoms with van der Waals surface area (Å²) in [5.74, 6) is 1.77. The minimum Gasteiger partial charge on any atom is -0.339 e. The van der Waals surface area contributed by atoms with Gasteiger partial charge in [0.25, 0.3) is 0 Å². The van der Waals surface area contributed by atoms with Crippen molar-refractivity contribution in [3.05, 3.63) is 17.6 Å². The molecule has 6 heteroatoms. The van der Waals surface area contributed by atoms with Crippen LogP contribution in [-0.4, -0.2) is 28.2 Å². The summed E-state index contributed by atoms with van der Waals surface area (Å²) < 4.78 is 5.38. The van der Waals surface area contributed by atoms with Crippen LogP contribution in [0.2, 0.25) is 0 Å². The molecule has 0 radical (unpaired) electrons. The molecule has 0 amide bonds. The Labute approximate surface area is 103 Å². The SMILES string of the molecule is CNC1CCCC1c1nc(-c2cncs2)no1. The van der Waals surface area contributed by atoms with Crippen LogP contribution in [0.4, 0.5) is 0 Å². The first-order valence-corrected chi connectivity index (χ1v) is 6.66. The third-order valence-corrected chi connectivity index (χ3v) is 4.07. The van der Waals surface area contributed by atoms with E-state index in [0.29, 0.717) is 17.8 Å². The quantitative estimate of drug-likeness (QED) is 0.903. The molecule has 2 unspecified atom stereocenters. The maximum Gasteiger partial charge on any atom is 0.231 e. The molecule has 0 aliphatic heterocycles. The minimum atomic E-state index is 0.356. The van der Waals surface area contributed by atoms with Crippen LogP contribution in [0.1, 0.15) is 31.1 Å². The van der Waals surface area contributed by atoms with Gasteiger partial charge in [0.05, 0.1) is 16.3 Å². The smallest absolute Gasteiger partial charge is 0.231 e. The zero-order chi connectivity index (χ0) is 11.7. The molecule has 2 aromatic heterocycles. The van der Waals surface area contributed by atoms with Gasteiger partial charge in [-0.3, -0.25) is 4.98 Å². The van der Waals surface area contributed by atoms with Gasteiger partial charge in [0.1, 0.15) is 0 Å². The van der Waals surface area contributed by atoms with Crippen molar-refractivity contribution in [2.24, 2.45) is 0 Å². The lowest BCUT2D eigenvalue weighted by molar-refractivity contribution is 0.335. The Balaban J connectivity index is 1.85. The Morgan fingerprint density at radius 3 is 3.18 bits per heavy atom. The summed E-state index contributed by atoms with van der Waals surface area (Å²) in [6, 6.07) is 0.463. The number of hydrogen-bond donors (Lipinski definition) is 1. The predicted octanol–water partition coefficient (Wildman–Crippen LogP) is 2.05. The van der Waals surface area contributed by atoms with E-state index in [2.05, 4.69) is 20.4 Å². The second-order valence-corrected chi connectivity index (χ2v) is 5.14. The number of aromatic nitrogens is 3. The summed E-state index contributed by atoms with van der Waals surface area (Å²) in [6.45, 7) is 0. The lowest BCUT2D eigenvalue weighted by Gasteiger charge is -2.14. The highest BCUT2D eigenvalue weighted by Gasteiger charge is 2.31. The van der Waals surface area contributed by atoms with E-state index in [-0.39, 0.29) is 0 Å². The highest BCUT2D eigenvalue weighted by Crippen LogP contribution is 2.34. The third kappa shape index (κ3) is 1.98. The molecule has 2 atom stereocenters. The van der Waals surface area contributed by atoms with Crippen LogP contribution in [0.5, 0.6) is 0 Å². The third-order valence-electron chi connectivity index (χ3n) is 3.30. The van der Waals surface area contributed by atoms with Gasteiger partial charge in [0, 0.05) is 12.2 Å². The van der Waals surface area contributed by atoms with E-state index in [4.69, 9.17) is 4.52 Å². The Hall–Kier alpha value is -1.27. The number of nitrogens with one attached hydrogen (secondary N) is 1. The predicted molar refractivity (Wildman–Crippen MR) is 64.8 cm³/mol. The minimum absolute atomic E-state index is 0.356. The van der Waals surface area contributed by atoms with E-state index >= 15 is 0 Å². The lowest BCUT2D eigenvalue weighted by Crippen LogP contribution is -2.27. The molecule has 3 rings (SSSR count). The van der Waals surface area contributed by atoms with E-state index in [1.807, 2.05) is 7.05 Å². The summed E-state index contributed by atoms with van der Waals surface area (Å²) in [7, 11) is 1.99. The zero-order valence-corrected chi connectivity index (χ0v) is 10.4. The molecule has 2 aromatic rings. The molecule has 0 aromatic carbocycles. The average molecular weight is 250 g/mol. The monoisotopic (exact) mass is 250 g/mol. The zero-order valence-electron chi connectivity index (χ0n) is 9.59. The topological polar surface area (TPSA) is 63.8 Å². The van der Waals surface area contributed by atoms with Crippen molar-refractivity contribution < 1.29 is 4.52 Å². The molecule has 17 heavy (non-hydrogen) atoms. The van der Waals surface area contributed by atoms with Crippen molar-refractivity contribution in [3.8, 4) is 10.7 Å². The second kappa shape index (κ2) is 4.54. The molecular formula is C11H14N4OS. The van der Waals surface area contributed by atoms with Crippen LogP contribution in [0, 0.1) is 0 Å². The van der Waals surface area contributed by atoms with Crippen molar-refractivity contribution in [1.82, 2.24) is 20.4 Å². The summed E-state index contributed by atoms with van der Waals surface area (Å²) >= 11 is 1.53. The first-order chi connectivity index (χ1) is 8.38. The fourth-order valence-corrected chi connectivity index (χ4v) is 2.96. The molecule has 1 N–H and O–H groups in total. The average Bonchev–Trinajstić information content (AvgIpc) is 3.09. The van der Waals surface area contributed by atoms with Gasteiger partial charge in [-0.2, -0.15) is 4.98 Å². The number of rotatable bonds is 3. The van der Waals surface area contributed by atoms with E-state index in [1.54, 1.807) is 11.7 Å². The van der Waals surface area contributed by atoms with Gasteiger partial charge in [-0.15, -0.1) is 11.3 Å². The van der Waals surface area contributed by atoms with Crippen LogP contribution in [0.15, 0.2) is 16.2 Å². The Kier molecular flexibility index (Phi) is 2.90. The highest BCUT2D eigenvalue weighted by atomic mass is 32.1. The molecule has 1 aliphatic carbocycles. The van der Waals surface area contributed by atoms with Gasteiger partial charge in [0.15, 0.2) is 0 Å². The van der Waals surface area contributed by atoms with Crippen molar-refractivity contribution in [3.63, 3.8) is 0 Å². The maximum absolute atomic E-state index is 5.38. The van der Waals surface area contributed by atoms with Crippen LogP contribution in [0.25, 0.3) is 10.7 Å². The largest absolute Gasteiger partial charge is 0.339 e. The molecule has 2 heterocycles. The standard InChI is InChI=1S/C11H14N4OS/c1-12-8-4-2-3-7(8)11-14-10(15-16-11)9-5-13-6-17-9/h5-8,12H,2-4H2,1H3. The summed E-state index contributed by atoms with van der Waals surface area (Å²) in [5.41, 5.74) is 1.78. The Bertz CT molecular complexity index is 481. The van der Waals surface area contributed by atoms with E-state index in [1.165, 1.54) is 24.2 Å². The first kappa shape index (κ1) is 10.9. The number of thiazole rings is 1. The lowest BCUT2D eigenvalue weighted by atomic mass is 10.0. The number of likely N-dealkylation sites (N-methyl/N-ethyl adjacent to an activating group) is 1. The first-order valence-electron chi connectivity index (χ1n) is 5.78. The molecule has 1 fully saturated rings. The van der Waals surface area contributed by atoms with Gasteiger partial charge < -0.3 is 9.84 Å². The van der Waals surface area contributed by atoms with Crippen LogP contribution in [0.3, 0.4) is 0 Å². The Morgan fingerprint density at radius 1 is 1.47 bits per heavy atom. The number of hydrogen-bond acceptors (Lipinski definition) is 6. The molecular weight excluding hydrogens is 236 g/mol. The van der Waals surface area contributed by atoms with E-state index < -0.39 is 0 Å². The van der Waals surface area contributed by atoms with Gasteiger partial charge in [-0.25, -0.2) is 0 Å². The van der Waals surface area contributed by atoms with E-state index in [9.17, 15) is 0 Å². The summed E-state index contributed by atoms with van der Waals surface area (Å²) in [5, 5.41) is 7.35. The molecule has 0 bridgehead atoms. The van der Waals surface area contributed by atoms with Gasteiger partial charge in [-0.1, -0.05) is 11.6 Å². The molecule has 0 spiro atoms. The maximum atomic E-state index is 5.38. The van der Waals surface area contributed by atoms with Gasteiger partial charge >= 0.3 is 0 Å². The molecule has 1 saturated carbocycles. The summed E-state index contributed by atoms with van der Waals surface area (Å²) in [6.07, 6.45) is 5.28. The van der Waals surface area contributed by atoms with Gasteiger partial charge in [0.2, 0.25) is 11.7 Å². The molecule has 5 nitrogen and oxygen atoms in total. The molecule has 90 valence electrons. The van der Waals surface area contributed by atoms with Crippen LogP contribution >= 0.6 is 11.3 Å².